The number of carboxylic acids is 2. The molecule has 3 aliphatic heterocycles. The number of aliphatic hydroxyl groups excluding tert-OH is 1. The number of aliphatic carboxylic acids is 2. The highest BCUT2D eigenvalue weighted by atomic mass is 32.2. The van der Waals surface area contributed by atoms with Crippen LogP contribution in [-0.2, 0) is 59.7 Å². The van der Waals surface area contributed by atoms with Gasteiger partial charge in [0.15, 0.2) is 12.0 Å². The third-order valence-corrected chi connectivity index (χ3v) is 18.3. The quantitative estimate of drug-likeness (QED) is 0.00895. The van der Waals surface area contributed by atoms with E-state index in [1.807, 2.05) is 12.1 Å². The second-order valence-corrected chi connectivity index (χ2v) is 27.2. The molecule has 10 N–H and O–H groups in total. The number of nitrogens with zero attached hydrogens (tertiary/aromatic N) is 2. The van der Waals surface area contributed by atoms with Gasteiger partial charge in [-0.25, -0.2) is 14.4 Å². The summed E-state index contributed by atoms with van der Waals surface area (Å²) in [7, 11) is -8.53. The van der Waals surface area contributed by atoms with Crippen LogP contribution in [0.3, 0.4) is 0 Å². The standard InChI is InChI=1S/C65H88N6O18S2/c1-64(2)48-19-7-9-22-52(48)70(37-13-5-6-24-54-60(89-54)67-36-39-86-40-41-87-43-57(72)66-35-12-11-21-50(61(75)76)68-63(79)69-51(62(77)78)31-34-58(73)74)55(64)32-25-44-17-16-18-45(59(44)88-46-27-29-47(30-28-46)91(83,84)85)26-33-56-65(3,4)49-20-8-10-23-53(49)71(56)38-14-15-42-90(80,81)82/h7-10,19-20,22-23,25-30,32-33,50-51,54,58,60,67,73-74H,5-6,11-18,21,24,31,34-43H2,1-4H3,(H6-,66,68,69,72,75,76,77,78,79,80,81,82,83,84,85)/p+1. The Morgan fingerprint density at radius 1 is 0.736 bits per heavy atom. The summed E-state index contributed by atoms with van der Waals surface area (Å²) in [5, 5.41) is 47.1. The zero-order valence-electron chi connectivity index (χ0n) is 52.2. The summed E-state index contributed by atoms with van der Waals surface area (Å²) in [5.74, 6) is -2.35. The van der Waals surface area contributed by atoms with Crippen LogP contribution in [0.25, 0.3) is 0 Å². The Hall–Kier alpha value is -6.85. The molecule has 24 nitrogen and oxygen atoms in total. The maximum atomic E-state index is 12.2. The Balaban J connectivity index is 0.878. The summed E-state index contributed by atoms with van der Waals surface area (Å²) < 4.78 is 92.6. The Morgan fingerprint density at radius 2 is 1.43 bits per heavy atom. The lowest BCUT2D eigenvalue weighted by Gasteiger charge is -2.27. The van der Waals surface area contributed by atoms with Crippen LogP contribution in [-0.4, -0.2) is 170 Å². The van der Waals surface area contributed by atoms with Gasteiger partial charge >= 0.3 is 18.0 Å². The lowest BCUT2D eigenvalue weighted by molar-refractivity contribution is -0.438. The number of anilines is 1. The summed E-state index contributed by atoms with van der Waals surface area (Å²) in [6.07, 6.45) is 14.0. The molecule has 0 bridgehead atoms. The molecule has 1 aliphatic carbocycles. The molecule has 3 aromatic carbocycles. The van der Waals surface area contributed by atoms with Gasteiger partial charge in [-0.1, -0.05) is 62.7 Å². The molecule has 91 heavy (non-hydrogen) atoms. The van der Waals surface area contributed by atoms with Crippen molar-refractivity contribution in [2.24, 2.45) is 0 Å². The number of nitrogens with one attached hydrogen (secondary N) is 4. The monoisotopic (exact) mass is 1310 g/mol. The number of allylic oxidation sites excluding steroid dienone is 7. The number of unbranched alkanes of at least 4 members (excludes halogenated alkanes) is 4. The van der Waals surface area contributed by atoms with Crippen molar-refractivity contribution in [3.8, 4) is 5.75 Å². The maximum absolute atomic E-state index is 12.2. The molecule has 1 fully saturated rings. The molecule has 498 valence electrons. The number of carboxylic acid groups (broad SMARTS) is 2. The Labute approximate surface area is 533 Å². The second-order valence-electron chi connectivity index (χ2n) is 24.2. The van der Waals surface area contributed by atoms with Gasteiger partial charge in [0.05, 0.1) is 42.0 Å². The Kier molecular flexibility index (Phi) is 26.1. The first kappa shape index (κ1) is 71.6. The minimum atomic E-state index is -4.43. The molecule has 1 saturated heterocycles. The first-order chi connectivity index (χ1) is 43.2. The number of hydrogen-bond donors (Lipinski definition) is 10. The molecule has 4 atom stereocenters. The average molecular weight is 1310 g/mol. The van der Waals surface area contributed by atoms with E-state index >= 15 is 0 Å². The van der Waals surface area contributed by atoms with Crippen molar-refractivity contribution >= 4 is 61.2 Å². The number of epoxide rings is 1. The smallest absolute Gasteiger partial charge is 0.326 e. The van der Waals surface area contributed by atoms with Crippen LogP contribution in [0.2, 0.25) is 0 Å². The largest absolute Gasteiger partial charge is 0.480 e. The highest BCUT2D eigenvalue weighted by Gasteiger charge is 2.45. The number of para-hydroxylation sites is 2. The first-order valence-electron chi connectivity index (χ1n) is 31.1. The lowest BCUT2D eigenvalue weighted by atomic mass is 9.81. The molecule has 26 heteroatoms. The highest BCUT2D eigenvalue weighted by Crippen LogP contribution is 2.48. The molecular weight excluding hydrogens is 1220 g/mol. The van der Waals surface area contributed by atoms with E-state index < -0.39 is 62.0 Å². The molecule has 7 rings (SSSR count). The third kappa shape index (κ3) is 21.1. The van der Waals surface area contributed by atoms with E-state index in [-0.39, 0.29) is 79.9 Å². The molecule has 0 radical (unpaired) electrons. The number of rotatable bonds is 38. The highest BCUT2D eigenvalue weighted by molar-refractivity contribution is 7.86. The fourth-order valence-electron chi connectivity index (χ4n) is 11.8. The van der Waals surface area contributed by atoms with Crippen LogP contribution < -0.4 is 30.9 Å². The number of carbonyl (C=O) groups excluding carboxylic acids is 2. The zero-order chi connectivity index (χ0) is 65.9. The van der Waals surface area contributed by atoms with E-state index in [0.717, 1.165) is 84.6 Å². The van der Waals surface area contributed by atoms with Crippen molar-refractivity contribution < 1.29 is 89.1 Å². The van der Waals surface area contributed by atoms with Crippen molar-refractivity contribution in [3.63, 3.8) is 0 Å². The Morgan fingerprint density at radius 3 is 2.13 bits per heavy atom. The van der Waals surface area contributed by atoms with Crippen molar-refractivity contribution in [2.45, 2.75) is 164 Å². The van der Waals surface area contributed by atoms with Crippen molar-refractivity contribution in [1.29, 1.82) is 0 Å². The summed E-state index contributed by atoms with van der Waals surface area (Å²) in [6, 6.07) is 18.6. The van der Waals surface area contributed by atoms with Gasteiger partial charge in [-0.2, -0.15) is 21.4 Å². The van der Waals surface area contributed by atoms with Gasteiger partial charge in [-0.15, -0.1) is 0 Å². The average Bonchev–Trinajstić information content (AvgIpc) is 1.63. The molecule has 3 amide bonds. The van der Waals surface area contributed by atoms with Gasteiger partial charge in [0.1, 0.15) is 43.0 Å². The van der Waals surface area contributed by atoms with Gasteiger partial charge in [0, 0.05) is 67.0 Å². The van der Waals surface area contributed by atoms with E-state index in [1.165, 1.54) is 29.8 Å². The predicted molar refractivity (Wildman–Crippen MR) is 340 cm³/mol. The van der Waals surface area contributed by atoms with Crippen LogP contribution in [0.1, 0.15) is 129 Å². The fraction of sp³-hybridized carbons (Fsp3) is 0.523. The number of aliphatic hydroxyl groups is 2. The molecule has 0 spiro atoms. The Bertz CT molecular complexity index is 3420. The molecular formula is C65H89N6O18S2+. The number of hydrogen-bond acceptors (Lipinski definition) is 16. The maximum Gasteiger partial charge on any atom is 0.326 e. The molecule has 0 saturated carbocycles. The lowest BCUT2D eigenvalue weighted by Crippen LogP contribution is -2.51. The van der Waals surface area contributed by atoms with E-state index in [4.69, 9.17) is 29.2 Å². The molecule has 3 aromatic rings. The predicted octanol–water partition coefficient (Wildman–Crippen LogP) is 7.15. The summed E-state index contributed by atoms with van der Waals surface area (Å²) in [5.41, 5.74) is 7.93. The van der Waals surface area contributed by atoms with Crippen LogP contribution >= 0.6 is 0 Å². The molecule has 0 aromatic heterocycles. The molecule has 3 heterocycles. The second kappa shape index (κ2) is 33.1. The van der Waals surface area contributed by atoms with Gasteiger partial charge in [0.2, 0.25) is 11.6 Å². The number of fused-ring (bicyclic) bond motifs is 2. The van der Waals surface area contributed by atoms with Gasteiger partial charge in [0.25, 0.3) is 20.2 Å². The van der Waals surface area contributed by atoms with Crippen LogP contribution in [0.15, 0.2) is 125 Å². The number of amides is 3. The minimum absolute atomic E-state index is 0.0161. The number of carbonyl (C=O) groups is 4. The van der Waals surface area contributed by atoms with Crippen molar-refractivity contribution in [1.82, 2.24) is 21.3 Å². The molecule has 4 aliphatic rings. The van der Waals surface area contributed by atoms with Crippen molar-refractivity contribution in [3.05, 3.63) is 131 Å². The van der Waals surface area contributed by atoms with E-state index in [1.54, 1.807) is 0 Å². The third-order valence-electron chi connectivity index (χ3n) is 16.6. The van der Waals surface area contributed by atoms with Gasteiger partial charge < -0.3 is 60.2 Å². The summed E-state index contributed by atoms with van der Waals surface area (Å²) in [6.45, 7) is 11.7. The van der Waals surface area contributed by atoms with Crippen molar-refractivity contribution in [2.75, 3.05) is 63.3 Å². The van der Waals surface area contributed by atoms with Crippen LogP contribution in [0.4, 0.5) is 16.2 Å². The molecule has 4 unspecified atom stereocenters. The van der Waals surface area contributed by atoms with Gasteiger partial charge in [-0.05, 0) is 144 Å². The number of urea groups is 1. The zero-order valence-corrected chi connectivity index (χ0v) is 53.8. The number of benzene rings is 3. The fourth-order valence-corrected chi connectivity index (χ4v) is 12.8. The summed E-state index contributed by atoms with van der Waals surface area (Å²) >= 11 is 0. The van der Waals surface area contributed by atoms with Crippen LogP contribution in [0, 0.1) is 0 Å². The topological polar surface area (TPSA) is 353 Å². The van der Waals surface area contributed by atoms with E-state index in [2.05, 4.69) is 119 Å². The normalized spacial score (nSPS) is 19.2. The number of ether oxygens (including phenoxy) is 4. The summed E-state index contributed by atoms with van der Waals surface area (Å²) in [4.78, 5) is 49.5. The minimum Gasteiger partial charge on any atom is -0.480 e. The SMILES string of the molecule is CC1(C)C(=CC=C2CCCC(C=CC3=[N+](CCCCCC4OC4NCCOCCOCC(=O)NCCCCC(NC(=O)NC(CCC(O)O)C(=O)O)C(=O)O)c4ccccc4C3(C)C)=C2Oc2ccc(S(=O)(=O)O)cc2)N(CCCCS(=O)(=O)O)c2ccccc21. The first-order valence-corrected chi connectivity index (χ1v) is 34.1. The van der Waals surface area contributed by atoms with Crippen LogP contribution in [0.5, 0.6) is 5.75 Å². The van der Waals surface area contributed by atoms with Gasteiger partial charge in [-0.3, -0.25) is 19.2 Å². The van der Waals surface area contributed by atoms with E-state index in [9.17, 15) is 55.3 Å². The van der Waals surface area contributed by atoms with E-state index in [0.29, 0.717) is 63.3 Å².